The maximum absolute atomic E-state index is 12.6. The monoisotopic (exact) mass is 165 g/mol. The predicted molar refractivity (Wildman–Crippen MR) is 47.8 cm³/mol. The van der Waals surface area contributed by atoms with Crippen LogP contribution in [0.3, 0.4) is 0 Å². The summed E-state index contributed by atoms with van der Waals surface area (Å²) in [6.07, 6.45) is 2.52. The molecule has 1 aliphatic heterocycles. The highest BCUT2D eigenvalue weighted by Crippen LogP contribution is 2.19. The lowest BCUT2D eigenvalue weighted by Gasteiger charge is -2.16. The molecule has 0 aromatic heterocycles. The van der Waals surface area contributed by atoms with Gasteiger partial charge in [0.15, 0.2) is 0 Å². The van der Waals surface area contributed by atoms with Crippen LogP contribution in [0.1, 0.15) is 12.8 Å². The van der Waals surface area contributed by atoms with Crippen molar-refractivity contribution in [2.24, 2.45) is 0 Å². The van der Waals surface area contributed by atoms with Crippen LogP contribution in [0.2, 0.25) is 0 Å². The van der Waals surface area contributed by atoms with Crippen LogP contribution in [0.4, 0.5) is 10.1 Å². The summed E-state index contributed by atoms with van der Waals surface area (Å²) >= 11 is 0. The first-order valence-electron chi connectivity index (χ1n) is 4.37. The summed E-state index contributed by atoms with van der Waals surface area (Å²) in [5.74, 6) is -0.155. The Kier molecular flexibility index (Phi) is 1.98. The lowest BCUT2D eigenvalue weighted by Crippen LogP contribution is -2.17. The van der Waals surface area contributed by atoms with Gasteiger partial charge in [-0.25, -0.2) is 4.39 Å². The topological polar surface area (TPSA) is 3.24 Å². The molecule has 0 amide bonds. The highest BCUT2D eigenvalue weighted by atomic mass is 19.1. The molecule has 1 fully saturated rings. The molecule has 0 unspecified atom stereocenters. The Balaban J connectivity index is 2.17. The molecule has 0 radical (unpaired) electrons. The number of nitrogens with zero attached hydrogens (tertiary/aromatic N) is 1. The quantitative estimate of drug-likeness (QED) is 0.617. The summed E-state index contributed by atoms with van der Waals surface area (Å²) < 4.78 is 12.6. The standard InChI is InChI=1S/C10H12FN/c11-9-3-5-10(6-4-9)12-7-1-2-8-12/h3-6H,1-2,7-8H2. The fourth-order valence-corrected chi connectivity index (χ4v) is 1.63. The number of benzene rings is 1. The second-order valence-electron chi connectivity index (χ2n) is 3.17. The van der Waals surface area contributed by atoms with Gasteiger partial charge in [-0.2, -0.15) is 0 Å². The molecule has 12 heavy (non-hydrogen) atoms. The molecular formula is C10H12FN. The first kappa shape index (κ1) is 7.59. The molecular weight excluding hydrogens is 153 g/mol. The zero-order chi connectivity index (χ0) is 8.39. The van der Waals surface area contributed by atoms with Gasteiger partial charge in [0, 0.05) is 18.8 Å². The van der Waals surface area contributed by atoms with Crippen molar-refractivity contribution in [3.05, 3.63) is 30.1 Å². The van der Waals surface area contributed by atoms with E-state index in [1.54, 1.807) is 0 Å². The summed E-state index contributed by atoms with van der Waals surface area (Å²) in [6, 6.07) is 6.74. The highest BCUT2D eigenvalue weighted by molar-refractivity contribution is 5.46. The minimum Gasteiger partial charge on any atom is -0.372 e. The number of halogens is 1. The van der Waals surface area contributed by atoms with Gasteiger partial charge in [0.25, 0.3) is 0 Å². The summed E-state index contributed by atoms with van der Waals surface area (Å²) in [4.78, 5) is 2.29. The van der Waals surface area contributed by atoms with E-state index in [1.165, 1.54) is 25.0 Å². The second kappa shape index (κ2) is 3.13. The second-order valence-corrected chi connectivity index (χ2v) is 3.17. The van der Waals surface area contributed by atoms with Crippen LogP contribution in [0.25, 0.3) is 0 Å². The number of rotatable bonds is 1. The Morgan fingerprint density at radius 3 is 2.17 bits per heavy atom. The minimum absolute atomic E-state index is 0.155. The summed E-state index contributed by atoms with van der Waals surface area (Å²) in [5, 5.41) is 0. The van der Waals surface area contributed by atoms with E-state index < -0.39 is 0 Å². The summed E-state index contributed by atoms with van der Waals surface area (Å²) in [5.41, 5.74) is 1.15. The molecule has 1 heterocycles. The van der Waals surface area contributed by atoms with Crippen LogP contribution in [0, 0.1) is 5.82 Å². The predicted octanol–water partition coefficient (Wildman–Crippen LogP) is 2.43. The van der Waals surface area contributed by atoms with Crippen molar-refractivity contribution in [3.8, 4) is 0 Å². The third kappa shape index (κ3) is 1.42. The Bertz CT molecular complexity index is 249. The van der Waals surface area contributed by atoms with Gasteiger partial charge in [0.1, 0.15) is 5.82 Å². The van der Waals surface area contributed by atoms with Gasteiger partial charge in [0.2, 0.25) is 0 Å². The van der Waals surface area contributed by atoms with E-state index in [2.05, 4.69) is 4.90 Å². The third-order valence-electron chi connectivity index (χ3n) is 2.30. The number of hydrogen-bond donors (Lipinski definition) is 0. The molecule has 1 aromatic rings. The normalized spacial score (nSPS) is 16.9. The molecule has 1 nitrogen and oxygen atoms in total. The lowest BCUT2D eigenvalue weighted by molar-refractivity contribution is 0.627. The van der Waals surface area contributed by atoms with Crippen molar-refractivity contribution in [1.82, 2.24) is 0 Å². The lowest BCUT2D eigenvalue weighted by atomic mass is 10.3. The van der Waals surface area contributed by atoms with E-state index in [9.17, 15) is 4.39 Å². The van der Waals surface area contributed by atoms with Gasteiger partial charge in [0.05, 0.1) is 0 Å². The Morgan fingerprint density at radius 2 is 1.58 bits per heavy atom. The molecule has 2 rings (SSSR count). The first-order chi connectivity index (χ1) is 5.86. The van der Waals surface area contributed by atoms with Crippen LogP contribution >= 0.6 is 0 Å². The van der Waals surface area contributed by atoms with Crippen molar-refractivity contribution < 1.29 is 4.39 Å². The van der Waals surface area contributed by atoms with Crippen molar-refractivity contribution in [3.63, 3.8) is 0 Å². The molecule has 0 spiro atoms. The number of hydrogen-bond acceptors (Lipinski definition) is 1. The first-order valence-corrected chi connectivity index (χ1v) is 4.37. The molecule has 0 bridgehead atoms. The molecule has 1 aromatic carbocycles. The van der Waals surface area contributed by atoms with Gasteiger partial charge in [-0.1, -0.05) is 0 Å². The summed E-state index contributed by atoms with van der Waals surface area (Å²) in [7, 11) is 0. The maximum Gasteiger partial charge on any atom is 0.123 e. The van der Waals surface area contributed by atoms with Gasteiger partial charge < -0.3 is 4.90 Å². The van der Waals surface area contributed by atoms with Crippen molar-refractivity contribution >= 4 is 5.69 Å². The Labute approximate surface area is 71.8 Å². The fourth-order valence-electron chi connectivity index (χ4n) is 1.63. The maximum atomic E-state index is 12.6. The van der Waals surface area contributed by atoms with E-state index >= 15 is 0 Å². The molecule has 0 saturated carbocycles. The zero-order valence-corrected chi connectivity index (χ0v) is 6.96. The smallest absolute Gasteiger partial charge is 0.123 e. The zero-order valence-electron chi connectivity index (χ0n) is 6.96. The minimum atomic E-state index is -0.155. The molecule has 64 valence electrons. The van der Waals surface area contributed by atoms with E-state index in [1.807, 2.05) is 12.1 Å². The van der Waals surface area contributed by atoms with E-state index in [0.717, 1.165) is 18.8 Å². The average molecular weight is 165 g/mol. The fraction of sp³-hybridized carbons (Fsp3) is 0.400. The molecule has 1 saturated heterocycles. The largest absolute Gasteiger partial charge is 0.372 e. The van der Waals surface area contributed by atoms with E-state index in [0.29, 0.717) is 0 Å². The Morgan fingerprint density at radius 1 is 1.00 bits per heavy atom. The number of anilines is 1. The van der Waals surface area contributed by atoms with Gasteiger partial charge in [-0.05, 0) is 37.1 Å². The van der Waals surface area contributed by atoms with Crippen LogP contribution < -0.4 is 4.90 Å². The van der Waals surface area contributed by atoms with Crippen LogP contribution in [-0.4, -0.2) is 13.1 Å². The van der Waals surface area contributed by atoms with Crippen LogP contribution in [-0.2, 0) is 0 Å². The molecule has 1 aliphatic rings. The van der Waals surface area contributed by atoms with Gasteiger partial charge >= 0.3 is 0 Å². The van der Waals surface area contributed by atoms with Crippen LogP contribution in [0.15, 0.2) is 24.3 Å². The summed E-state index contributed by atoms with van der Waals surface area (Å²) in [6.45, 7) is 2.23. The third-order valence-corrected chi connectivity index (χ3v) is 2.30. The van der Waals surface area contributed by atoms with Gasteiger partial charge in [-0.3, -0.25) is 0 Å². The molecule has 0 aliphatic carbocycles. The molecule has 0 atom stereocenters. The van der Waals surface area contributed by atoms with E-state index in [-0.39, 0.29) is 5.82 Å². The average Bonchev–Trinajstić information content (AvgIpc) is 2.58. The van der Waals surface area contributed by atoms with E-state index in [4.69, 9.17) is 0 Å². The molecule has 0 N–H and O–H groups in total. The SMILES string of the molecule is Fc1ccc(N2CCCC2)cc1. The van der Waals surface area contributed by atoms with Crippen molar-refractivity contribution in [2.75, 3.05) is 18.0 Å². The molecule has 2 heteroatoms. The highest BCUT2D eigenvalue weighted by Gasteiger charge is 2.11. The van der Waals surface area contributed by atoms with Crippen molar-refractivity contribution in [2.45, 2.75) is 12.8 Å². The Hall–Kier alpha value is -1.05. The van der Waals surface area contributed by atoms with Crippen LogP contribution in [0.5, 0.6) is 0 Å². The van der Waals surface area contributed by atoms with Crippen molar-refractivity contribution in [1.29, 1.82) is 0 Å². The van der Waals surface area contributed by atoms with Gasteiger partial charge in [-0.15, -0.1) is 0 Å².